The number of halogens is 2. The number of nitrogens with zero attached hydrogens (tertiary/aromatic N) is 1. The summed E-state index contributed by atoms with van der Waals surface area (Å²) in [4.78, 5) is 7.25. The number of aromatic nitrogens is 2. The van der Waals surface area contributed by atoms with Crippen LogP contribution in [0.1, 0.15) is 5.56 Å². The second-order valence-corrected chi connectivity index (χ2v) is 4.71. The molecular weight excluding hydrogens is 308 g/mol. The van der Waals surface area contributed by atoms with Crippen molar-refractivity contribution in [3.05, 3.63) is 39.2 Å². The molecule has 0 aliphatic carbocycles. The molecule has 2 rings (SSSR count). The van der Waals surface area contributed by atoms with Crippen molar-refractivity contribution in [1.82, 2.24) is 9.97 Å². The number of rotatable bonds is 1. The molecule has 0 saturated heterocycles. The van der Waals surface area contributed by atoms with Gasteiger partial charge in [0.25, 0.3) is 0 Å². The summed E-state index contributed by atoms with van der Waals surface area (Å²) >= 11 is 6.75. The number of nitrogens with one attached hydrogen (secondary N) is 1. The van der Waals surface area contributed by atoms with Gasteiger partial charge in [-0.25, -0.2) is 4.98 Å². The Labute approximate surface area is 99.0 Å². The maximum atomic E-state index is 4.11. The van der Waals surface area contributed by atoms with E-state index in [9.17, 15) is 0 Å². The Morgan fingerprint density at radius 2 is 2.07 bits per heavy atom. The van der Waals surface area contributed by atoms with Crippen LogP contribution in [-0.2, 0) is 0 Å². The number of benzene rings is 1. The predicted octanol–water partition coefficient (Wildman–Crippen LogP) is 3.91. The summed E-state index contributed by atoms with van der Waals surface area (Å²) in [5.41, 5.74) is 3.41. The van der Waals surface area contributed by atoms with Crippen LogP contribution in [0.4, 0.5) is 0 Å². The quantitative estimate of drug-likeness (QED) is 0.849. The van der Waals surface area contributed by atoms with Gasteiger partial charge in [-0.05, 0) is 40.5 Å². The molecule has 72 valence electrons. The van der Waals surface area contributed by atoms with E-state index >= 15 is 0 Å². The van der Waals surface area contributed by atoms with Crippen molar-refractivity contribution in [2.75, 3.05) is 0 Å². The van der Waals surface area contributed by atoms with Crippen LogP contribution < -0.4 is 0 Å². The number of imidazole rings is 1. The van der Waals surface area contributed by atoms with E-state index in [0.717, 1.165) is 20.5 Å². The van der Waals surface area contributed by atoms with Crippen molar-refractivity contribution in [3.63, 3.8) is 0 Å². The fourth-order valence-corrected chi connectivity index (χ4v) is 2.00. The van der Waals surface area contributed by atoms with Crippen LogP contribution in [0.2, 0.25) is 0 Å². The van der Waals surface area contributed by atoms with E-state index in [1.54, 1.807) is 0 Å². The van der Waals surface area contributed by atoms with Gasteiger partial charge in [-0.1, -0.05) is 22.0 Å². The van der Waals surface area contributed by atoms with Gasteiger partial charge in [0.1, 0.15) is 0 Å². The van der Waals surface area contributed by atoms with Crippen LogP contribution in [0.15, 0.2) is 33.6 Å². The number of aromatic amines is 1. The topological polar surface area (TPSA) is 28.7 Å². The number of hydrogen-bond acceptors (Lipinski definition) is 1. The minimum Gasteiger partial charge on any atom is -0.333 e. The van der Waals surface area contributed by atoms with E-state index in [-0.39, 0.29) is 0 Å². The highest BCUT2D eigenvalue weighted by molar-refractivity contribution is 9.10. The maximum Gasteiger partial charge on any atom is 0.174 e. The molecule has 1 aromatic carbocycles. The Morgan fingerprint density at radius 3 is 2.71 bits per heavy atom. The van der Waals surface area contributed by atoms with Crippen molar-refractivity contribution >= 4 is 31.9 Å². The van der Waals surface area contributed by atoms with Gasteiger partial charge in [-0.15, -0.1) is 0 Å². The fraction of sp³-hybridized carbons (Fsp3) is 0.100. The van der Waals surface area contributed by atoms with Crippen LogP contribution in [-0.4, -0.2) is 9.97 Å². The van der Waals surface area contributed by atoms with Crippen LogP contribution in [0.3, 0.4) is 0 Å². The molecule has 0 saturated carbocycles. The predicted molar refractivity (Wildman–Crippen MR) is 64.2 cm³/mol. The third kappa shape index (κ3) is 1.91. The van der Waals surface area contributed by atoms with Crippen LogP contribution in [0.5, 0.6) is 0 Å². The lowest BCUT2D eigenvalue weighted by Crippen LogP contribution is -1.82. The molecule has 0 unspecified atom stereocenters. The molecule has 4 heteroatoms. The minimum absolute atomic E-state index is 0.756. The molecule has 1 heterocycles. The van der Waals surface area contributed by atoms with Crippen molar-refractivity contribution in [2.45, 2.75) is 6.92 Å². The lowest BCUT2D eigenvalue weighted by molar-refractivity contribution is 1.24. The van der Waals surface area contributed by atoms with Gasteiger partial charge in [-0.2, -0.15) is 0 Å². The molecule has 1 N–H and O–H groups in total. The van der Waals surface area contributed by atoms with Gasteiger partial charge in [-0.3, -0.25) is 0 Å². The Balaban J connectivity index is 2.55. The molecule has 0 bridgehead atoms. The molecule has 0 spiro atoms. The van der Waals surface area contributed by atoms with Crippen LogP contribution in [0, 0.1) is 6.92 Å². The zero-order valence-electron chi connectivity index (χ0n) is 7.51. The Bertz CT molecular complexity index is 463. The average Bonchev–Trinajstić information content (AvgIpc) is 2.56. The van der Waals surface area contributed by atoms with Crippen molar-refractivity contribution in [1.29, 1.82) is 0 Å². The van der Waals surface area contributed by atoms with Gasteiger partial charge < -0.3 is 4.98 Å². The first-order valence-electron chi connectivity index (χ1n) is 4.14. The summed E-state index contributed by atoms with van der Waals surface area (Å²) in [6.45, 7) is 2.08. The van der Waals surface area contributed by atoms with Gasteiger partial charge in [0, 0.05) is 10.0 Å². The highest BCUT2D eigenvalue weighted by Gasteiger charge is 2.04. The Morgan fingerprint density at radius 1 is 1.29 bits per heavy atom. The molecule has 0 aliphatic rings. The molecule has 0 atom stereocenters. The third-order valence-corrected chi connectivity index (χ3v) is 2.93. The molecular formula is C10H8Br2N2. The summed E-state index contributed by atoms with van der Waals surface area (Å²) in [6, 6.07) is 6.19. The third-order valence-electron chi connectivity index (χ3n) is 2.03. The standard InChI is InChI=1S/C10H8Br2N2/c1-6-2-3-7(11)4-8(6)9-5-13-10(12)14-9/h2-5H,1H3,(H,13,14). The van der Waals surface area contributed by atoms with Gasteiger partial charge in [0.05, 0.1) is 11.9 Å². The van der Waals surface area contributed by atoms with Crippen molar-refractivity contribution < 1.29 is 0 Å². The summed E-state index contributed by atoms with van der Waals surface area (Å²) in [5.74, 6) is 0. The fourth-order valence-electron chi connectivity index (χ4n) is 1.32. The molecule has 2 nitrogen and oxygen atoms in total. The smallest absolute Gasteiger partial charge is 0.174 e. The van der Waals surface area contributed by atoms with Gasteiger partial charge in [0.2, 0.25) is 0 Å². The van der Waals surface area contributed by atoms with E-state index in [1.807, 2.05) is 12.3 Å². The summed E-state index contributed by atoms with van der Waals surface area (Å²) in [7, 11) is 0. The first-order valence-corrected chi connectivity index (χ1v) is 5.72. The van der Waals surface area contributed by atoms with E-state index in [2.05, 4.69) is 60.9 Å². The first kappa shape index (κ1) is 9.93. The van der Waals surface area contributed by atoms with E-state index in [1.165, 1.54) is 5.56 Å². The molecule has 0 amide bonds. The first-order chi connectivity index (χ1) is 6.66. The summed E-state index contributed by atoms with van der Waals surface area (Å²) < 4.78 is 1.83. The number of hydrogen-bond donors (Lipinski definition) is 1. The number of aryl methyl sites for hydroxylation is 1. The monoisotopic (exact) mass is 314 g/mol. The maximum absolute atomic E-state index is 4.11. The normalized spacial score (nSPS) is 10.5. The van der Waals surface area contributed by atoms with Crippen molar-refractivity contribution in [3.8, 4) is 11.3 Å². The highest BCUT2D eigenvalue weighted by Crippen LogP contribution is 2.25. The zero-order valence-corrected chi connectivity index (χ0v) is 10.7. The highest BCUT2D eigenvalue weighted by atomic mass is 79.9. The largest absolute Gasteiger partial charge is 0.333 e. The summed E-state index contributed by atoms with van der Waals surface area (Å²) in [6.07, 6.45) is 1.82. The molecule has 1 aromatic heterocycles. The van der Waals surface area contributed by atoms with Gasteiger partial charge in [0.15, 0.2) is 4.73 Å². The zero-order chi connectivity index (χ0) is 10.1. The Hall–Kier alpha value is -0.610. The average molecular weight is 316 g/mol. The van der Waals surface area contributed by atoms with Gasteiger partial charge >= 0.3 is 0 Å². The Kier molecular flexibility index (Phi) is 2.74. The second-order valence-electron chi connectivity index (χ2n) is 3.05. The second kappa shape index (κ2) is 3.87. The minimum atomic E-state index is 0.756. The van der Waals surface area contributed by atoms with Crippen LogP contribution >= 0.6 is 31.9 Å². The van der Waals surface area contributed by atoms with E-state index in [0.29, 0.717) is 0 Å². The molecule has 0 radical (unpaired) electrons. The van der Waals surface area contributed by atoms with Crippen molar-refractivity contribution in [2.24, 2.45) is 0 Å². The molecule has 14 heavy (non-hydrogen) atoms. The summed E-state index contributed by atoms with van der Waals surface area (Å²) in [5, 5.41) is 0. The molecule has 2 aromatic rings. The number of H-pyrrole nitrogens is 1. The lowest BCUT2D eigenvalue weighted by atomic mass is 10.1. The SMILES string of the molecule is Cc1ccc(Br)cc1-c1cnc(Br)[nH]1. The van der Waals surface area contributed by atoms with E-state index < -0.39 is 0 Å². The molecule has 0 fully saturated rings. The van der Waals surface area contributed by atoms with Crippen LogP contribution in [0.25, 0.3) is 11.3 Å². The van der Waals surface area contributed by atoms with E-state index in [4.69, 9.17) is 0 Å². The molecule has 0 aliphatic heterocycles. The lowest BCUT2D eigenvalue weighted by Gasteiger charge is -2.03.